The molecule has 0 aromatic carbocycles. The second-order valence-corrected chi connectivity index (χ2v) is 2.08. The van der Waals surface area contributed by atoms with Crippen molar-refractivity contribution in [1.82, 2.24) is 5.32 Å². The molecule has 0 saturated heterocycles. The number of nitrogens with one attached hydrogen (secondary N) is 2. The lowest BCUT2D eigenvalue weighted by Crippen LogP contribution is -2.13. The van der Waals surface area contributed by atoms with E-state index in [1.165, 1.54) is 6.34 Å². The van der Waals surface area contributed by atoms with E-state index < -0.39 is 0 Å². The van der Waals surface area contributed by atoms with Crippen LogP contribution in [0.4, 0.5) is 0 Å². The van der Waals surface area contributed by atoms with Gasteiger partial charge in [-0.3, -0.25) is 5.41 Å². The fourth-order valence-electron chi connectivity index (χ4n) is 0.233. The molecule has 0 unspecified atom stereocenters. The largest absolute Gasteiger partial charge is 0.376 e. The van der Waals surface area contributed by atoms with Crippen LogP contribution in [0.1, 0.15) is 0 Å². The maximum absolute atomic E-state index is 6.54. The number of hydrogen-bond donors (Lipinski definition) is 2. The Balaban J connectivity index is 2.56. The fourth-order valence-corrected chi connectivity index (χ4v) is 0.555. The number of thioether (sulfide) groups is 1. The Kier molecular flexibility index (Phi) is 5.67. The maximum atomic E-state index is 6.54. The molecule has 0 heterocycles. The van der Waals surface area contributed by atoms with Gasteiger partial charge in [-0.1, -0.05) is 0 Å². The smallest absolute Gasteiger partial charge is 0.0791 e. The van der Waals surface area contributed by atoms with Crippen molar-refractivity contribution < 1.29 is 0 Å². The van der Waals surface area contributed by atoms with Gasteiger partial charge in [0.15, 0.2) is 0 Å². The van der Waals surface area contributed by atoms with E-state index in [2.05, 4.69) is 5.32 Å². The first-order chi connectivity index (χ1) is 3.41. The molecule has 42 valence electrons. The van der Waals surface area contributed by atoms with Gasteiger partial charge in [-0.15, -0.1) is 0 Å². The molecule has 2 N–H and O–H groups in total. The Morgan fingerprint density at radius 2 is 2.57 bits per heavy atom. The molecule has 0 atom stereocenters. The van der Waals surface area contributed by atoms with Crippen LogP contribution < -0.4 is 5.32 Å². The summed E-state index contributed by atoms with van der Waals surface area (Å²) < 4.78 is 0. The van der Waals surface area contributed by atoms with Crippen molar-refractivity contribution in [1.29, 1.82) is 5.41 Å². The minimum atomic E-state index is 0.907. The van der Waals surface area contributed by atoms with E-state index in [0.717, 1.165) is 12.3 Å². The third-order valence-corrected chi connectivity index (χ3v) is 1.16. The Morgan fingerprint density at radius 1 is 1.86 bits per heavy atom. The molecule has 0 radical (unpaired) electrons. The highest BCUT2D eigenvalue weighted by atomic mass is 32.2. The van der Waals surface area contributed by atoms with Gasteiger partial charge < -0.3 is 5.32 Å². The Labute approximate surface area is 48.2 Å². The molecule has 0 rings (SSSR count). The Bertz CT molecular complexity index is 47.0. The van der Waals surface area contributed by atoms with E-state index in [4.69, 9.17) is 5.41 Å². The standard InChI is InChI=1S/C4H10N2S/c1-7-3-2-6-4-5/h4H,2-3H2,1H3,(H2,5,6). The third-order valence-electron chi connectivity index (χ3n) is 0.553. The molecule has 0 aliphatic carbocycles. The highest BCUT2D eigenvalue weighted by molar-refractivity contribution is 7.98. The summed E-state index contributed by atoms with van der Waals surface area (Å²) >= 11 is 1.78. The zero-order valence-electron chi connectivity index (χ0n) is 4.40. The van der Waals surface area contributed by atoms with E-state index in [0.29, 0.717) is 0 Å². The molecular weight excluding hydrogens is 108 g/mol. The van der Waals surface area contributed by atoms with Gasteiger partial charge in [-0.05, 0) is 6.26 Å². The predicted octanol–water partition coefficient (Wildman–Crippen LogP) is 0.546. The topological polar surface area (TPSA) is 35.9 Å². The van der Waals surface area contributed by atoms with Crippen molar-refractivity contribution in [2.45, 2.75) is 0 Å². The second kappa shape index (κ2) is 5.82. The minimum Gasteiger partial charge on any atom is -0.376 e. The van der Waals surface area contributed by atoms with E-state index in [1.807, 2.05) is 6.26 Å². The Hall–Kier alpha value is -0.180. The number of rotatable bonds is 4. The lowest BCUT2D eigenvalue weighted by Gasteiger charge is -1.92. The first kappa shape index (κ1) is 6.82. The Morgan fingerprint density at radius 3 is 3.00 bits per heavy atom. The molecule has 0 fully saturated rings. The first-order valence-corrected chi connectivity index (χ1v) is 3.52. The average molecular weight is 118 g/mol. The lowest BCUT2D eigenvalue weighted by molar-refractivity contribution is 0.994. The summed E-state index contributed by atoms with van der Waals surface area (Å²) in [6.45, 7) is 0.907. The molecule has 7 heavy (non-hydrogen) atoms. The summed E-state index contributed by atoms with van der Waals surface area (Å²) in [4.78, 5) is 0. The summed E-state index contributed by atoms with van der Waals surface area (Å²) in [6.07, 6.45) is 3.27. The molecule has 0 aliphatic heterocycles. The molecule has 0 amide bonds. The van der Waals surface area contributed by atoms with Gasteiger partial charge >= 0.3 is 0 Å². The number of hydrogen-bond acceptors (Lipinski definition) is 2. The molecule has 0 saturated carbocycles. The average Bonchev–Trinajstić information content (AvgIpc) is 1.69. The van der Waals surface area contributed by atoms with Gasteiger partial charge in [0.1, 0.15) is 0 Å². The van der Waals surface area contributed by atoms with Gasteiger partial charge in [0.25, 0.3) is 0 Å². The van der Waals surface area contributed by atoms with Crippen LogP contribution in [0, 0.1) is 5.41 Å². The van der Waals surface area contributed by atoms with Crippen LogP contribution in [0.2, 0.25) is 0 Å². The van der Waals surface area contributed by atoms with Crippen LogP contribution >= 0.6 is 11.8 Å². The van der Waals surface area contributed by atoms with Gasteiger partial charge in [-0.2, -0.15) is 11.8 Å². The lowest BCUT2D eigenvalue weighted by atomic mass is 10.8. The molecule has 0 bridgehead atoms. The monoisotopic (exact) mass is 118 g/mol. The normalized spacial score (nSPS) is 8.14. The van der Waals surface area contributed by atoms with Crippen molar-refractivity contribution in [3.63, 3.8) is 0 Å². The fraction of sp³-hybridized carbons (Fsp3) is 0.750. The SMILES string of the molecule is CSCCNC=N. The molecular formula is C4H10N2S. The molecule has 0 spiro atoms. The summed E-state index contributed by atoms with van der Waals surface area (Å²) in [7, 11) is 0. The van der Waals surface area contributed by atoms with Gasteiger partial charge in [0.05, 0.1) is 6.34 Å². The highest BCUT2D eigenvalue weighted by Crippen LogP contribution is 1.85. The summed E-state index contributed by atoms with van der Waals surface area (Å²) in [5.41, 5.74) is 0. The predicted molar refractivity (Wildman–Crippen MR) is 35.2 cm³/mol. The van der Waals surface area contributed by atoms with Crippen LogP contribution in [-0.2, 0) is 0 Å². The van der Waals surface area contributed by atoms with E-state index in [9.17, 15) is 0 Å². The van der Waals surface area contributed by atoms with Crippen molar-refractivity contribution in [2.75, 3.05) is 18.6 Å². The van der Waals surface area contributed by atoms with Crippen molar-refractivity contribution in [3.8, 4) is 0 Å². The second-order valence-electron chi connectivity index (χ2n) is 1.09. The van der Waals surface area contributed by atoms with Gasteiger partial charge in [-0.25, -0.2) is 0 Å². The van der Waals surface area contributed by atoms with Crippen LogP contribution in [0.3, 0.4) is 0 Å². The quantitative estimate of drug-likeness (QED) is 0.321. The van der Waals surface area contributed by atoms with Crippen LogP contribution in [0.25, 0.3) is 0 Å². The zero-order chi connectivity index (χ0) is 5.54. The third kappa shape index (κ3) is 5.82. The van der Waals surface area contributed by atoms with Crippen LogP contribution in [0.5, 0.6) is 0 Å². The van der Waals surface area contributed by atoms with Gasteiger partial charge in [0.2, 0.25) is 0 Å². The van der Waals surface area contributed by atoms with Crippen LogP contribution in [-0.4, -0.2) is 24.9 Å². The summed E-state index contributed by atoms with van der Waals surface area (Å²) in [5.74, 6) is 1.08. The van der Waals surface area contributed by atoms with E-state index in [-0.39, 0.29) is 0 Å². The van der Waals surface area contributed by atoms with Gasteiger partial charge in [0, 0.05) is 12.3 Å². The minimum absolute atomic E-state index is 0.907. The molecule has 0 aromatic heterocycles. The molecule has 0 aliphatic rings. The van der Waals surface area contributed by atoms with E-state index in [1.54, 1.807) is 11.8 Å². The molecule has 3 heteroatoms. The van der Waals surface area contributed by atoms with Crippen LogP contribution in [0.15, 0.2) is 0 Å². The highest BCUT2D eigenvalue weighted by Gasteiger charge is 1.75. The maximum Gasteiger partial charge on any atom is 0.0791 e. The zero-order valence-corrected chi connectivity index (χ0v) is 5.22. The summed E-state index contributed by atoms with van der Waals surface area (Å²) in [6, 6.07) is 0. The van der Waals surface area contributed by atoms with E-state index >= 15 is 0 Å². The molecule has 2 nitrogen and oxygen atoms in total. The van der Waals surface area contributed by atoms with Crippen molar-refractivity contribution >= 4 is 18.1 Å². The summed E-state index contributed by atoms with van der Waals surface area (Å²) in [5, 5.41) is 9.31. The first-order valence-electron chi connectivity index (χ1n) is 2.13. The van der Waals surface area contributed by atoms with Crippen molar-refractivity contribution in [3.05, 3.63) is 0 Å². The van der Waals surface area contributed by atoms with Crippen molar-refractivity contribution in [2.24, 2.45) is 0 Å². The molecule has 0 aromatic rings.